The summed E-state index contributed by atoms with van der Waals surface area (Å²) in [7, 11) is 0. The van der Waals surface area contributed by atoms with Gasteiger partial charge >= 0.3 is 0 Å². The average molecular weight is 392 g/mol. The monoisotopic (exact) mass is 392 g/mol. The number of benzene rings is 1. The van der Waals surface area contributed by atoms with E-state index < -0.39 is 6.04 Å². The molecule has 2 heterocycles. The van der Waals surface area contributed by atoms with Crippen molar-refractivity contribution in [3.8, 4) is 0 Å². The molecule has 6 nitrogen and oxygen atoms in total. The van der Waals surface area contributed by atoms with Gasteiger partial charge < -0.3 is 10.3 Å². The molecule has 0 saturated heterocycles. The number of carbonyl (C=O) groups is 1. The zero-order valence-electron chi connectivity index (χ0n) is 15.8. The summed E-state index contributed by atoms with van der Waals surface area (Å²) < 4.78 is 13.4. The van der Waals surface area contributed by atoms with Gasteiger partial charge in [0.1, 0.15) is 17.3 Å². The van der Waals surface area contributed by atoms with E-state index in [9.17, 15) is 14.0 Å². The van der Waals surface area contributed by atoms with Gasteiger partial charge in [0.2, 0.25) is 0 Å². The number of hydrogen-bond donors (Lipinski definition) is 2. The standard InChI is InChI=1S/C22H21FN4O2/c23-16-9-7-14(8-10-16)19(26-22(29)18-6-1-2-11-24-18)12-17-13-20(28)27-21(25-17)15-4-3-5-15/h1-2,6-11,13,15,19H,3-5,12H2,(H,26,29)(H,25,27,28)/t19-/m0/s1. The number of carbonyl (C=O) groups excluding carboxylic acids is 1. The normalized spacial score (nSPS) is 14.8. The zero-order valence-corrected chi connectivity index (χ0v) is 15.8. The van der Waals surface area contributed by atoms with E-state index in [0.717, 1.165) is 24.8 Å². The third kappa shape index (κ3) is 4.56. The van der Waals surface area contributed by atoms with Crippen molar-refractivity contribution >= 4 is 5.91 Å². The fraction of sp³-hybridized carbons (Fsp3) is 0.273. The molecule has 0 bridgehead atoms. The molecule has 1 fully saturated rings. The number of nitrogens with zero attached hydrogens (tertiary/aromatic N) is 2. The Kier molecular flexibility index (Phi) is 5.46. The van der Waals surface area contributed by atoms with E-state index in [1.54, 1.807) is 36.5 Å². The van der Waals surface area contributed by atoms with Crippen molar-refractivity contribution in [2.75, 3.05) is 0 Å². The highest BCUT2D eigenvalue weighted by atomic mass is 19.1. The van der Waals surface area contributed by atoms with Crippen LogP contribution in [0, 0.1) is 5.82 Å². The number of hydrogen-bond acceptors (Lipinski definition) is 4. The zero-order chi connectivity index (χ0) is 20.2. The van der Waals surface area contributed by atoms with Crippen LogP contribution < -0.4 is 10.9 Å². The fourth-order valence-corrected chi connectivity index (χ4v) is 3.39. The van der Waals surface area contributed by atoms with Gasteiger partial charge in [-0.1, -0.05) is 24.6 Å². The largest absolute Gasteiger partial charge is 0.344 e. The highest BCUT2D eigenvalue weighted by Gasteiger charge is 2.23. The van der Waals surface area contributed by atoms with Crippen molar-refractivity contribution in [2.45, 2.75) is 37.6 Å². The van der Waals surface area contributed by atoms with E-state index >= 15 is 0 Å². The first-order chi connectivity index (χ1) is 14.1. The highest BCUT2D eigenvalue weighted by Crippen LogP contribution is 2.34. The Bertz CT molecular complexity index is 1050. The Morgan fingerprint density at radius 2 is 2.00 bits per heavy atom. The summed E-state index contributed by atoms with van der Waals surface area (Å²) in [4.78, 5) is 36.3. The number of rotatable bonds is 6. The number of halogens is 1. The molecule has 0 spiro atoms. The predicted molar refractivity (Wildman–Crippen MR) is 106 cm³/mol. The summed E-state index contributed by atoms with van der Waals surface area (Å²) in [5.74, 6) is 0.289. The van der Waals surface area contributed by atoms with E-state index in [1.807, 2.05) is 0 Å². The molecule has 0 aliphatic heterocycles. The molecule has 7 heteroatoms. The molecule has 0 unspecified atom stereocenters. The van der Waals surface area contributed by atoms with E-state index in [1.165, 1.54) is 18.2 Å². The van der Waals surface area contributed by atoms with Gasteiger partial charge in [-0.05, 0) is 42.7 Å². The van der Waals surface area contributed by atoms with Crippen LogP contribution in [-0.4, -0.2) is 20.9 Å². The first kappa shape index (κ1) is 19.0. The molecule has 1 aliphatic carbocycles. The maximum absolute atomic E-state index is 13.4. The Hall–Kier alpha value is -3.35. The summed E-state index contributed by atoms with van der Waals surface area (Å²) >= 11 is 0. The molecule has 29 heavy (non-hydrogen) atoms. The van der Waals surface area contributed by atoms with E-state index in [-0.39, 0.29) is 28.9 Å². The van der Waals surface area contributed by atoms with Gasteiger partial charge in [0.05, 0.1) is 11.7 Å². The molecule has 148 valence electrons. The van der Waals surface area contributed by atoms with Gasteiger partial charge in [0.15, 0.2) is 0 Å². The summed E-state index contributed by atoms with van der Waals surface area (Å²) in [5.41, 5.74) is 1.40. The van der Waals surface area contributed by atoms with Crippen molar-refractivity contribution in [2.24, 2.45) is 0 Å². The third-order valence-electron chi connectivity index (χ3n) is 5.19. The highest BCUT2D eigenvalue weighted by molar-refractivity contribution is 5.92. The SMILES string of the molecule is O=C(N[C@@H](Cc1cc(=O)[nH]c(C2CCC2)n1)c1ccc(F)cc1)c1ccccn1. The van der Waals surface area contributed by atoms with E-state index in [0.29, 0.717) is 17.9 Å². The molecular formula is C22H21FN4O2. The van der Waals surface area contributed by atoms with Crippen molar-refractivity contribution < 1.29 is 9.18 Å². The van der Waals surface area contributed by atoms with Crippen molar-refractivity contribution in [3.05, 3.63) is 93.7 Å². The third-order valence-corrected chi connectivity index (χ3v) is 5.19. The van der Waals surface area contributed by atoms with Crippen LogP contribution in [0.15, 0.2) is 59.5 Å². The molecule has 1 aliphatic rings. The molecule has 2 N–H and O–H groups in total. The lowest BCUT2D eigenvalue weighted by Gasteiger charge is -2.25. The van der Waals surface area contributed by atoms with Crippen LogP contribution in [0.4, 0.5) is 4.39 Å². The van der Waals surface area contributed by atoms with Gasteiger partial charge in [0.25, 0.3) is 11.5 Å². The van der Waals surface area contributed by atoms with Gasteiger partial charge in [0, 0.05) is 24.6 Å². The molecule has 4 rings (SSSR count). The van der Waals surface area contributed by atoms with Gasteiger partial charge in [-0.3, -0.25) is 14.6 Å². The summed E-state index contributed by atoms with van der Waals surface area (Å²) in [6.07, 6.45) is 5.03. The van der Waals surface area contributed by atoms with E-state index in [4.69, 9.17) is 0 Å². The number of amides is 1. The Labute approximate surface area is 167 Å². The minimum atomic E-state index is -0.478. The molecule has 3 aromatic rings. The van der Waals surface area contributed by atoms with Gasteiger partial charge in [-0.15, -0.1) is 0 Å². The smallest absolute Gasteiger partial charge is 0.270 e. The molecule has 0 radical (unpaired) electrons. The molecule has 1 aromatic carbocycles. The van der Waals surface area contributed by atoms with Crippen LogP contribution in [0.1, 0.15) is 58.8 Å². The first-order valence-electron chi connectivity index (χ1n) is 9.66. The second kappa shape index (κ2) is 8.34. The first-order valence-corrected chi connectivity index (χ1v) is 9.66. The lowest BCUT2D eigenvalue weighted by Crippen LogP contribution is -2.31. The number of aromatic amines is 1. The van der Waals surface area contributed by atoms with Crippen LogP contribution >= 0.6 is 0 Å². The van der Waals surface area contributed by atoms with Crippen molar-refractivity contribution in [1.82, 2.24) is 20.3 Å². The summed E-state index contributed by atoms with van der Waals surface area (Å²) in [6.45, 7) is 0. The molecule has 1 atom stereocenters. The fourth-order valence-electron chi connectivity index (χ4n) is 3.39. The minimum absolute atomic E-state index is 0.203. The minimum Gasteiger partial charge on any atom is -0.344 e. The second-order valence-corrected chi connectivity index (χ2v) is 7.25. The molecule has 2 aromatic heterocycles. The lowest BCUT2D eigenvalue weighted by molar-refractivity contribution is 0.0931. The Morgan fingerprint density at radius 3 is 2.66 bits per heavy atom. The van der Waals surface area contributed by atoms with Crippen LogP contribution in [-0.2, 0) is 6.42 Å². The summed E-state index contributed by atoms with van der Waals surface area (Å²) in [5, 5.41) is 2.94. The van der Waals surface area contributed by atoms with Crippen LogP contribution in [0.25, 0.3) is 0 Å². The van der Waals surface area contributed by atoms with E-state index in [2.05, 4.69) is 20.3 Å². The maximum atomic E-state index is 13.4. The second-order valence-electron chi connectivity index (χ2n) is 7.25. The predicted octanol–water partition coefficient (Wildman–Crippen LogP) is 3.29. The van der Waals surface area contributed by atoms with Gasteiger partial charge in [-0.25, -0.2) is 9.37 Å². The van der Waals surface area contributed by atoms with Crippen molar-refractivity contribution in [1.29, 1.82) is 0 Å². The average Bonchev–Trinajstić information content (AvgIpc) is 2.67. The lowest BCUT2D eigenvalue weighted by atomic mass is 9.85. The van der Waals surface area contributed by atoms with Crippen LogP contribution in [0.5, 0.6) is 0 Å². The Balaban J connectivity index is 1.62. The maximum Gasteiger partial charge on any atom is 0.270 e. The number of H-pyrrole nitrogens is 1. The topological polar surface area (TPSA) is 87.7 Å². The quantitative estimate of drug-likeness (QED) is 0.674. The van der Waals surface area contributed by atoms with Crippen LogP contribution in [0.3, 0.4) is 0 Å². The Morgan fingerprint density at radius 1 is 1.21 bits per heavy atom. The number of aromatic nitrogens is 3. The number of nitrogens with one attached hydrogen (secondary N) is 2. The van der Waals surface area contributed by atoms with Crippen LogP contribution in [0.2, 0.25) is 0 Å². The molecular weight excluding hydrogens is 371 g/mol. The van der Waals surface area contributed by atoms with Crippen molar-refractivity contribution in [3.63, 3.8) is 0 Å². The molecule has 1 amide bonds. The molecule has 1 saturated carbocycles. The summed E-state index contributed by atoms with van der Waals surface area (Å²) in [6, 6.07) is 12.0. The number of pyridine rings is 1. The van der Waals surface area contributed by atoms with Gasteiger partial charge in [-0.2, -0.15) is 0 Å².